The Morgan fingerprint density at radius 3 is 2.75 bits per heavy atom. The molecule has 0 unspecified atom stereocenters. The summed E-state index contributed by atoms with van der Waals surface area (Å²) < 4.78 is 5.22. The number of carbonyl (C=O) groups is 2. The van der Waals surface area contributed by atoms with Gasteiger partial charge in [0.25, 0.3) is 16.8 Å². The normalized spacial score (nSPS) is 15.0. The van der Waals surface area contributed by atoms with Crippen molar-refractivity contribution in [3.63, 3.8) is 0 Å². The van der Waals surface area contributed by atoms with Gasteiger partial charge >= 0.3 is 0 Å². The lowest BCUT2D eigenvalue weighted by molar-refractivity contribution is -0.385. The molecule has 0 aliphatic carbocycles. The third kappa shape index (κ3) is 4.19. The van der Waals surface area contributed by atoms with Gasteiger partial charge in [-0.05, 0) is 35.5 Å². The highest BCUT2D eigenvalue weighted by atomic mass is 32.2. The quantitative estimate of drug-likeness (QED) is 0.416. The van der Waals surface area contributed by atoms with Crippen LogP contribution < -0.4 is 4.74 Å². The molecule has 1 saturated heterocycles. The van der Waals surface area contributed by atoms with Crippen LogP contribution in [0.2, 0.25) is 0 Å². The standard InChI is InChI=1S/C19H13N3O5S/c20-8-9-27-15-6-3-4-13(10-15)11-17-18(23)21(19(24)28-17)12-14-5-1-2-7-16(14)22(25)26/h1-7,10-11H,9,12H2/b17-11-. The lowest BCUT2D eigenvalue weighted by atomic mass is 10.1. The number of nitrogens with zero attached hydrogens (tertiary/aromatic N) is 3. The van der Waals surface area contributed by atoms with Crippen LogP contribution in [0.5, 0.6) is 5.75 Å². The Hall–Kier alpha value is -3.64. The molecular formula is C19H13N3O5S. The Kier molecular flexibility index (Phi) is 5.72. The van der Waals surface area contributed by atoms with Crippen molar-refractivity contribution in [3.8, 4) is 11.8 Å². The predicted molar refractivity (Wildman–Crippen MR) is 102 cm³/mol. The molecule has 2 amide bonds. The zero-order valence-corrected chi connectivity index (χ0v) is 15.2. The van der Waals surface area contributed by atoms with Crippen LogP contribution in [0.15, 0.2) is 53.4 Å². The number of hydrogen-bond acceptors (Lipinski definition) is 7. The molecule has 2 aromatic rings. The molecule has 1 aliphatic heterocycles. The summed E-state index contributed by atoms with van der Waals surface area (Å²) in [7, 11) is 0. The van der Waals surface area contributed by atoms with Gasteiger partial charge in [0.2, 0.25) is 0 Å². The summed E-state index contributed by atoms with van der Waals surface area (Å²) in [5.74, 6) is -0.0501. The molecule has 0 N–H and O–H groups in total. The van der Waals surface area contributed by atoms with Crippen molar-refractivity contribution >= 4 is 34.7 Å². The van der Waals surface area contributed by atoms with E-state index in [1.807, 2.05) is 6.07 Å². The zero-order chi connectivity index (χ0) is 20.1. The van der Waals surface area contributed by atoms with Gasteiger partial charge in [-0.15, -0.1) is 0 Å². The second-order valence-corrected chi connectivity index (χ2v) is 6.67. The molecule has 8 nitrogen and oxygen atoms in total. The number of nitro benzene ring substituents is 1. The van der Waals surface area contributed by atoms with Gasteiger partial charge in [-0.2, -0.15) is 5.26 Å². The summed E-state index contributed by atoms with van der Waals surface area (Å²) in [6.45, 7) is -0.277. The zero-order valence-electron chi connectivity index (χ0n) is 14.4. The van der Waals surface area contributed by atoms with E-state index in [4.69, 9.17) is 10.00 Å². The van der Waals surface area contributed by atoms with Crippen LogP contribution in [-0.4, -0.2) is 27.6 Å². The minimum atomic E-state index is -0.545. The molecule has 3 rings (SSSR count). The third-order valence-corrected chi connectivity index (χ3v) is 4.76. The number of nitro groups is 1. The average molecular weight is 395 g/mol. The van der Waals surface area contributed by atoms with Crippen molar-refractivity contribution < 1.29 is 19.2 Å². The summed E-state index contributed by atoms with van der Waals surface area (Å²) in [5, 5.41) is 19.2. The SMILES string of the molecule is N#CCOc1cccc(/C=C2\SC(=O)N(Cc3ccccc3[N+](=O)[O-])C2=O)c1. The molecule has 28 heavy (non-hydrogen) atoms. The van der Waals surface area contributed by atoms with Crippen molar-refractivity contribution in [1.29, 1.82) is 5.26 Å². The number of thioether (sulfide) groups is 1. The second kappa shape index (κ2) is 8.37. The van der Waals surface area contributed by atoms with Gasteiger partial charge in [0.1, 0.15) is 11.8 Å². The molecule has 140 valence electrons. The maximum absolute atomic E-state index is 12.6. The maximum Gasteiger partial charge on any atom is 0.293 e. The van der Waals surface area contributed by atoms with Gasteiger partial charge in [-0.1, -0.05) is 30.3 Å². The lowest BCUT2D eigenvalue weighted by Crippen LogP contribution is -2.27. The first-order valence-corrected chi connectivity index (χ1v) is 8.88. The molecule has 1 fully saturated rings. The second-order valence-electron chi connectivity index (χ2n) is 5.67. The molecule has 1 aliphatic rings. The Labute approximate surface area is 164 Å². The Morgan fingerprint density at radius 2 is 2.00 bits per heavy atom. The van der Waals surface area contributed by atoms with E-state index in [0.29, 0.717) is 11.3 Å². The van der Waals surface area contributed by atoms with Gasteiger partial charge in [0.15, 0.2) is 6.61 Å². The molecule has 0 radical (unpaired) electrons. The van der Waals surface area contributed by atoms with Gasteiger partial charge < -0.3 is 4.74 Å². The molecule has 0 saturated carbocycles. The maximum atomic E-state index is 12.6. The minimum absolute atomic E-state index is 0.101. The Bertz CT molecular complexity index is 1030. The van der Waals surface area contributed by atoms with Crippen LogP contribution in [-0.2, 0) is 11.3 Å². The minimum Gasteiger partial charge on any atom is -0.479 e. The van der Waals surface area contributed by atoms with Crippen LogP contribution in [0, 0.1) is 21.4 Å². The van der Waals surface area contributed by atoms with E-state index in [-0.39, 0.29) is 29.3 Å². The van der Waals surface area contributed by atoms with Crippen LogP contribution in [0.4, 0.5) is 10.5 Å². The summed E-state index contributed by atoms with van der Waals surface area (Å²) in [6.07, 6.45) is 1.55. The molecule has 1 heterocycles. The third-order valence-electron chi connectivity index (χ3n) is 3.85. The van der Waals surface area contributed by atoms with Gasteiger partial charge in [0.05, 0.1) is 16.4 Å². The van der Waals surface area contributed by atoms with E-state index in [1.54, 1.807) is 36.4 Å². The Balaban J connectivity index is 1.82. The van der Waals surface area contributed by atoms with Crippen LogP contribution >= 0.6 is 11.8 Å². The number of amides is 2. The predicted octanol–water partition coefficient (Wildman–Crippen LogP) is 3.73. The fraction of sp³-hybridized carbons (Fsp3) is 0.105. The van der Waals surface area contributed by atoms with Crippen molar-refractivity contribution in [3.05, 3.63) is 74.7 Å². The van der Waals surface area contributed by atoms with Crippen LogP contribution in [0.1, 0.15) is 11.1 Å². The lowest BCUT2D eigenvalue weighted by Gasteiger charge is -2.12. The smallest absolute Gasteiger partial charge is 0.293 e. The number of ether oxygens (including phenoxy) is 1. The summed E-state index contributed by atoms with van der Waals surface area (Å²) in [6, 6.07) is 14.6. The van der Waals surface area contributed by atoms with E-state index in [9.17, 15) is 19.7 Å². The molecule has 0 atom stereocenters. The summed E-state index contributed by atoms with van der Waals surface area (Å²) in [4.78, 5) is 36.7. The number of rotatable bonds is 6. The topological polar surface area (TPSA) is 114 Å². The van der Waals surface area contributed by atoms with E-state index in [1.165, 1.54) is 18.2 Å². The molecular weight excluding hydrogens is 382 g/mol. The van der Waals surface area contributed by atoms with Gasteiger partial charge in [-0.25, -0.2) is 0 Å². The van der Waals surface area contributed by atoms with Crippen molar-refractivity contribution in [2.75, 3.05) is 6.61 Å². The largest absolute Gasteiger partial charge is 0.479 e. The van der Waals surface area contributed by atoms with E-state index >= 15 is 0 Å². The first-order chi connectivity index (χ1) is 13.5. The van der Waals surface area contributed by atoms with Crippen molar-refractivity contribution in [2.24, 2.45) is 0 Å². The summed E-state index contributed by atoms with van der Waals surface area (Å²) >= 11 is 0.769. The van der Waals surface area contributed by atoms with Gasteiger partial charge in [0, 0.05) is 11.6 Å². The van der Waals surface area contributed by atoms with Crippen LogP contribution in [0.3, 0.4) is 0 Å². The van der Waals surface area contributed by atoms with Crippen molar-refractivity contribution in [1.82, 2.24) is 4.90 Å². The monoisotopic (exact) mass is 395 g/mol. The highest BCUT2D eigenvalue weighted by Crippen LogP contribution is 2.34. The number of para-hydroxylation sites is 1. The molecule has 9 heteroatoms. The van der Waals surface area contributed by atoms with Crippen molar-refractivity contribution in [2.45, 2.75) is 6.54 Å². The van der Waals surface area contributed by atoms with Gasteiger partial charge in [-0.3, -0.25) is 24.6 Å². The van der Waals surface area contributed by atoms with Crippen LogP contribution in [0.25, 0.3) is 6.08 Å². The number of carbonyl (C=O) groups excluding carboxylic acids is 2. The molecule has 2 aromatic carbocycles. The van der Waals surface area contributed by atoms with E-state index in [0.717, 1.165) is 16.7 Å². The fourth-order valence-electron chi connectivity index (χ4n) is 2.59. The number of nitriles is 1. The van der Waals surface area contributed by atoms with E-state index < -0.39 is 16.1 Å². The highest BCUT2D eigenvalue weighted by molar-refractivity contribution is 8.18. The average Bonchev–Trinajstić information content (AvgIpc) is 2.94. The molecule has 0 spiro atoms. The number of imide groups is 1. The summed E-state index contributed by atoms with van der Waals surface area (Å²) in [5.41, 5.74) is 0.766. The molecule has 0 bridgehead atoms. The highest BCUT2D eigenvalue weighted by Gasteiger charge is 2.36. The first-order valence-electron chi connectivity index (χ1n) is 8.07. The number of hydrogen-bond donors (Lipinski definition) is 0. The molecule has 0 aromatic heterocycles. The fourth-order valence-corrected chi connectivity index (χ4v) is 3.43. The first kappa shape index (κ1) is 19.1. The Morgan fingerprint density at radius 1 is 1.21 bits per heavy atom. The van der Waals surface area contributed by atoms with E-state index in [2.05, 4.69) is 0 Å². The number of benzene rings is 2.